The maximum Gasteiger partial charge on any atom is 0.0996 e. The lowest BCUT2D eigenvalue weighted by Crippen LogP contribution is -2.52. The van der Waals surface area contributed by atoms with E-state index in [-0.39, 0.29) is 6.04 Å². The number of pyridine rings is 1. The fourth-order valence-corrected chi connectivity index (χ4v) is 5.01. The van der Waals surface area contributed by atoms with Crippen LogP contribution in [0.5, 0.6) is 0 Å². The molecule has 1 aliphatic rings. The molecule has 2 atom stereocenters. The first kappa shape index (κ1) is 23.3. The van der Waals surface area contributed by atoms with Gasteiger partial charge in [-0.25, -0.2) is 0 Å². The average Bonchev–Trinajstić information content (AvgIpc) is 2.74. The Morgan fingerprint density at radius 1 is 1.00 bits per heavy atom. The Labute approximate surface area is 204 Å². The highest BCUT2D eigenvalue weighted by molar-refractivity contribution is 6.36. The Morgan fingerprint density at radius 2 is 1.72 bits per heavy atom. The lowest BCUT2D eigenvalue weighted by atomic mass is 9.94. The minimum atomic E-state index is -0.988. The number of piperazine rings is 1. The smallest absolute Gasteiger partial charge is 0.0996 e. The summed E-state index contributed by atoms with van der Waals surface area (Å²) in [5.74, 6) is 0. The third kappa shape index (κ3) is 5.22. The summed E-state index contributed by atoms with van der Waals surface area (Å²) in [6.45, 7) is 6.61. The second kappa shape index (κ2) is 9.58. The van der Waals surface area contributed by atoms with Gasteiger partial charge in [-0.05, 0) is 67.4 Å². The van der Waals surface area contributed by atoms with Crippen LogP contribution in [-0.4, -0.2) is 41.2 Å². The SMILES string of the molecule is Cc1cc([C@](C)(O)CN2CCN(c3ccc(Cl)cc3Cl)[C@H](c3ccc(Cl)cc3)C2)ccn1. The number of β-amino-alcohol motifs (C(OH)–C–C–N with tert-alkyl or cyclic N) is 1. The fourth-order valence-electron chi connectivity index (χ4n) is 4.36. The van der Waals surface area contributed by atoms with Gasteiger partial charge in [0.05, 0.1) is 22.4 Å². The summed E-state index contributed by atoms with van der Waals surface area (Å²) in [5.41, 5.74) is 2.87. The largest absolute Gasteiger partial charge is 0.384 e. The van der Waals surface area contributed by atoms with Crippen LogP contribution in [0.15, 0.2) is 60.8 Å². The summed E-state index contributed by atoms with van der Waals surface area (Å²) in [5, 5.41) is 13.2. The first-order chi connectivity index (χ1) is 15.2. The first-order valence-electron chi connectivity index (χ1n) is 10.6. The highest BCUT2D eigenvalue weighted by Gasteiger charge is 2.34. The average molecular weight is 491 g/mol. The minimum Gasteiger partial charge on any atom is -0.384 e. The number of nitrogens with zero attached hydrogens (tertiary/aromatic N) is 3. The molecule has 0 bridgehead atoms. The number of aromatic nitrogens is 1. The van der Waals surface area contributed by atoms with Crippen LogP contribution in [0, 0.1) is 6.92 Å². The molecule has 2 aromatic carbocycles. The second-order valence-electron chi connectivity index (χ2n) is 8.55. The number of hydrogen-bond donors (Lipinski definition) is 1. The van der Waals surface area contributed by atoms with Crippen molar-refractivity contribution in [2.24, 2.45) is 0 Å². The van der Waals surface area contributed by atoms with Crippen LogP contribution in [0.25, 0.3) is 0 Å². The molecule has 7 heteroatoms. The van der Waals surface area contributed by atoms with E-state index in [0.717, 1.165) is 42.1 Å². The van der Waals surface area contributed by atoms with Crippen LogP contribution >= 0.6 is 34.8 Å². The molecule has 2 heterocycles. The molecule has 4 rings (SSSR count). The molecule has 1 N–H and O–H groups in total. The third-order valence-corrected chi connectivity index (χ3v) is 6.78. The Hall–Kier alpha value is -1.82. The Bertz CT molecular complexity index is 1090. The van der Waals surface area contributed by atoms with Crippen LogP contribution in [0.1, 0.15) is 29.8 Å². The Balaban J connectivity index is 1.62. The van der Waals surface area contributed by atoms with Gasteiger partial charge in [0.15, 0.2) is 0 Å². The Kier molecular flexibility index (Phi) is 6.99. The predicted molar refractivity (Wildman–Crippen MR) is 133 cm³/mol. The zero-order valence-corrected chi connectivity index (χ0v) is 20.4. The van der Waals surface area contributed by atoms with Crippen molar-refractivity contribution in [2.45, 2.75) is 25.5 Å². The van der Waals surface area contributed by atoms with E-state index in [1.165, 1.54) is 0 Å². The molecular formula is C25H26Cl3N3O. The van der Waals surface area contributed by atoms with Gasteiger partial charge in [0.2, 0.25) is 0 Å². The number of benzene rings is 2. The van der Waals surface area contributed by atoms with Gasteiger partial charge in [-0.3, -0.25) is 9.88 Å². The zero-order valence-electron chi connectivity index (χ0n) is 18.1. The summed E-state index contributed by atoms with van der Waals surface area (Å²) < 4.78 is 0. The van der Waals surface area contributed by atoms with Crippen LogP contribution in [0.4, 0.5) is 5.69 Å². The molecule has 0 amide bonds. The standard InChI is InChI=1S/C25H26Cl3N3O/c1-17-13-19(9-10-29-17)25(2,32)16-30-11-12-31(23-8-7-21(27)14-22(23)28)24(15-30)18-3-5-20(26)6-4-18/h3-10,13-14,24,32H,11-12,15-16H2,1-2H3/t24-,25+/m0/s1. The first-order valence-corrected chi connectivity index (χ1v) is 11.7. The van der Waals surface area contributed by atoms with Gasteiger partial charge in [0.1, 0.15) is 0 Å². The molecule has 1 aromatic heterocycles. The maximum atomic E-state index is 11.3. The number of halogens is 3. The van der Waals surface area contributed by atoms with E-state index in [0.29, 0.717) is 21.6 Å². The van der Waals surface area contributed by atoms with E-state index >= 15 is 0 Å². The lowest BCUT2D eigenvalue weighted by molar-refractivity contribution is 0.0102. The van der Waals surface area contributed by atoms with E-state index in [4.69, 9.17) is 34.8 Å². The molecule has 1 saturated heterocycles. The van der Waals surface area contributed by atoms with E-state index in [9.17, 15) is 5.11 Å². The van der Waals surface area contributed by atoms with E-state index in [2.05, 4.69) is 26.9 Å². The van der Waals surface area contributed by atoms with Crippen molar-refractivity contribution >= 4 is 40.5 Å². The summed E-state index contributed by atoms with van der Waals surface area (Å²) >= 11 is 18.9. The molecule has 32 heavy (non-hydrogen) atoms. The van der Waals surface area contributed by atoms with Gasteiger partial charge < -0.3 is 10.0 Å². The Morgan fingerprint density at radius 3 is 2.41 bits per heavy atom. The zero-order chi connectivity index (χ0) is 22.9. The molecule has 0 radical (unpaired) electrons. The van der Waals surface area contributed by atoms with Crippen molar-refractivity contribution in [3.05, 3.63) is 92.7 Å². The van der Waals surface area contributed by atoms with E-state index < -0.39 is 5.60 Å². The molecule has 1 aliphatic heterocycles. The summed E-state index contributed by atoms with van der Waals surface area (Å²) in [6.07, 6.45) is 1.75. The molecule has 1 fully saturated rings. The maximum absolute atomic E-state index is 11.3. The normalized spacial score (nSPS) is 19.1. The van der Waals surface area contributed by atoms with Gasteiger partial charge in [-0.2, -0.15) is 0 Å². The van der Waals surface area contributed by atoms with Crippen molar-refractivity contribution in [3.8, 4) is 0 Å². The highest BCUT2D eigenvalue weighted by Crippen LogP contribution is 2.37. The van der Waals surface area contributed by atoms with Crippen molar-refractivity contribution < 1.29 is 5.11 Å². The second-order valence-corrected chi connectivity index (χ2v) is 9.83. The molecular weight excluding hydrogens is 465 g/mol. The van der Waals surface area contributed by atoms with Crippen molar-refractivity contribution in [2.75, 3.05) is 31.1 Å². The topological polar surface area (TPSA) is 39.6 Å². The molecule has 0 aliphatic carbocycles. The molecule has 0 spiro atoms. The molecule has 0 saturated carbocycles. The molecule has 3 aromatic rings. The van der Waals surface area contributed by atoms with Crippen LogP contribution < -0.4 is 4.90 Å². The summed E-state index contributed by atoms with van der Waals surface area (Å²) in [7, 11) is 0. The van der Waals surface area contributed by atoms with Crippen LogP contribution in [0.2, 0.25) is 15.1 Å². The van der Waals surface area contributed by atoms with Crippen LogP contribution in [-0.2, 0) is 5.60 Å². The predicted octanol–water partition coefficient (Wildman–Crippen LogP) is 6.12. The molecule has 0 unspecified atom stereocenters. The molecule has 4 nitrogen and oxygen atoms in total. The van der Waals surface area contributed by atoms with E-state index in [1.807, 2.05) is 50.2 Å². The monoisotopic (exact) mass is 489 g/mol. The number of aliphatic hydroxyl groups is 1. The van der Waals surface area contributed by atoms with Gasteiger partial charge >= 0.3 is 0 Å². The van der Waals surface area contributed by atoms with Gasteiger partial charge in [-0.15, -0.1) is 0 Å². The van der Waals surface area contributed by atoms with Gasteiger partial charge in [-0.1, -0.05) is 46.9 Å². The van der Waals surface area contributed by atoms with E-state index in [1.54, 1.807) is 12.3 Å². The number of anilines is 1. The summed E-state index contributed by atoms with van der Waals surface area (Å²) in [6, 6.07) is 17.4. The van der Waals surface area contributed by atoms with Crippen molar-refractivity contribution in [3.63, 3.8) is 0 Å². The lowest BCUT2D eigenvalue weighted by Gasteiger charge is -2.45. The van der Waals surface area contributed by atoms with Gasteiger partial charge in [0, 0.05) is 48.1 Å². The summed E-state index contributed by atoms with van der Waals surface area (Å²) in [4.78, 5) is 8.86. The highest BCUT2D eigenvalue weighted by atomic mass is 35.5. The minimum absolute atomic E-state index is 0.0506. The van der Waals surface area contributed by atoms with Gasteiger partial charge in [0.25, 0.3) is 0 Å². The van der Waals surface area contributed by atoms with Crippen molar-refractivity contribution in [1.29, 1.82) is 0 Å². The quantitative estimate of drug-likeness (QED) is 0.467. The molecule has 168 valence electrons. The third-order valence-electron chi connectivity index (χ3n) is 5.99. The van der Waals surface area contributed by atoms with Crippen LogP contribution in [0.3, 0.4) is 0 Å². The fraction of sp³-hybridized carbons (Fsp3) is 0.320. The number of rotatable bonds is 5. The number of aryl methyl sites for hydroxylation is 1. The van der Waals surface area contributed by atoms with Crippen molar-refractivity contribution in [1.82, 2.24) is 9.88 Å². The number of hydrogen-bond acceptors (Lipinski definition) is 4.